The lowest BCUT2D eigenvalue weighted by Crippen LogP contribution is -2.20. The summed E-state index contributed by atoms with van der Waals surface area (Å²) >= 11 is 0. The quantitative estimate of drug-likeness (QED) is 0.236. The fourth-order valence-corrected chi connectivity index (χ4v) is 6.01. The summed E-state index contributed by atoms with van der Waals surface area (Å²) in [6.45, 7) is 0. The lowest BCUT2D eigenvalue weighted by molar-refractivity contribution is 0.577. The van der Waals surface area contributed by atoms with Crippen LogP contribution in [-0.2, 0) is 0 Å². The van der Waals surface area contributed by atoms with Crippen LogP contribution in [0.2, 0.25) is 0 Å². The second-order valence-corrected chi connectivity index (χ2v) is 10.8. The topological polar surface area (TPSA) is 52.9 Å². The number of halogens is 6. The molecule has 1 N–H and O–H groups in total. The Morgan fingerprint density at radius 3 is 1.15 bits per heavy atom. The highest BCUT2D eigenvalue weighted by Gasteiger charge is 2.29. The lowest BCUT2D eigenvalue weighted by atomic mass is 9.97. The van der Waals surface area contributed by atoms with E-state index in [1.54, 1.807) is 24.3 Å². The average molecular weight is 633 g/mol. The van der Waals surface area contributed by atoms with E-state index in [1.807, 2.05) is 0 Å². The molecule has 0 fully saturated rings. The van der Waals surface area contributed by atoms with E-state index in [1.165, 1.54) is 42.5 Å². The molecule has 0 saturated heterocycles. The van der Waals surface area contributed by atoms with E-state index < -0.39 is 46.0 Å². The van der Waals surface area contributed by atoms with Crippen LogP contribution in [0, 0.1) is 34.9 Å². The summed E-state index contributed by atoms with van der Waals surface area (Å²) in [5.74, 6) is -5.29. The number of aromatic amines is 1. The lowest BCUT2D eigenvalue weighted by Gasteiger charge is -2.13. The molecule has 0 unspecified atom stereocenters. The Morgan fingerprint density at radius 1 is 0.362 bits per heavy atom. The van der Waals surface area contributed by atoms with Crippen molar-refractivity contribution in [3.05, 3.63) is 177 Å². The summed E-state index contributed by atoms with van der Waals surface area (Å²) in [5.41, 5.74) is -0.473. The molecule has 0 amide bonds. The first-order chi connectivity index (χ1) is 22.8. The first-order valence-electron chi connectivity index (χ1n) is 14.4. The van der Waals surface area contributed by atoms with Crippen LogP contribution >= 0.6 is 0 Å². The van der Waals surface area contributed by atoms with Crippen molar-refractivity contribution in [2.45, 2.75) is 0 Å². The Labute approximate surface area is 262 Å². The number of allylic oxidation sites excluding steroid dienone is 7. The van der Waals surface area contributed by atoms with Gasteiger partial charge in [0.1, 0.15) is 34.9 Å². The molecule has 5 heterocycles. The summed E-state index contributed by atoms with van der Waals surface area (Å²) < 4.78 is 92.3. The molecule has 0 atom stereocenters. The van der Waals surface area contributed by atoms with Gasteiger partial charge in [0, 0.05) is 22.1 Å². The monoisotopic (exact) mass is 632 g/mol. The van der Waals surface area contributed by atoms with Crippen LogP contribution in [0.15, 0.2) is 130 Å². The highest BCUT2D eigenvalue weighted by molar-refractivity contribution is 6.37. The predicted molar refractivity (Wildman–Crippen MR) is 169 cm³/mol. The number of benzene rings is 3. The van der Waals surface area contributed by atoms with Gasteiger partial charge < -0.3 is 4.98 Å². The molecule has 0 radical (unpaired) electrons. The predicted octanol–water partition coefficient (Wildman–Crippen LogP) is 7.03. The molecule has 8 bridgehead atoms. The largest absolute Gasteiger partial charge is 0.353 e. The van der Waals surface area contributed by atoms with Gasteiger partial charge in [0.15, 0.2) is 0 Å². The molecule has 4 nitrogen and oxygen atoms in total. The fraction of sp³-hybridized carbons (Fsp3) is 0. The van der Waals surface area contributed by atoms with Crippen LogP contribution in [-0.4, -0.2) is 22.1 Å². The van der Waals surface area contributed by atoms with Crippen molar-refractivity contribution in [3.8, 4) is 0 Å². The molecule has 228 valence electrons. The number of H-pyrrole nitrogens is 1. The third-order valence-electron chi connectivity index (χ3n) is 8.07. The van der Waals surface area contributed by atoms with E-state index in [9.17, 15) is 0 Å². The van der Waals surface area contributed by atoms with Crippen LogP contribution in [0.3, 0.4) is 0 Å². The standard InChI is InChI=1S/C37H18F6N4/c38-18-4-1-5-19(39)32(18)35-26-12-10-24(44-26)25-11-13-27(45-25)36(33-20(40)6-2-7-21(33)41)29-15-17-31(47-29)37(30-16-14-28(35)46-30)34-22(42)8-3-9-23(34)43/h1-17,44H. The molecule has 8 rings (SSSR count). The minimum absolute atomic E-state index is 0.00457. The maximum Gasteiger partial charge on any atom is 0.134 e. The van der Waals surface area contributed by atoms with Gasteiger partial charge in [-0.25, -0.2) is 41.3 Å². The van der Waals surface area contributed by atoms with E-state index in [0.29, 0.717) is 11.0 Å². The summed E-state index contributed by atoms with van der Waals surface area (Å²) in [5, 5.41) is 0.705. The van der Waals surface area contributed by atoms with Gasteiger partial charge in [-0.1, -0.05) is 18.2 Å². The minimum Gasteiger partial charge on any atom is -0.353 e. The maximum atomic E-state index is 15.5. The van der Waals surface area contributed by atoms with Gasteiger partial charge in [0.05, 0.1) is 56.3 Å². The van der Waals surface area contributed by atoms with E-state index in [-0.39, 0.29) is 56.2 Å². The Balaban J connectivity index is 1.53. The molecule has 4 aliphatic heterocycles. The van der Waals surface area contributed by atoms with Gasteiger partial charge in [-0.2, -0.15) is 0 Å². The number of rotatable bonds is 3. The maximum absolute atomic E-state index is 15.5. The number of nitrogens with one attached hydrogen (secondary N) is 1. The zero-order chi connectivity index (χ0) is 32.4. The zero-order valence-electron chi connectivity index (χ0n) is 23.9. The van der Waals surface area contributed by atoms with Gasteiger partial charge in [-0.05, 0) is 85.0 Å². The first-order valence-corrected chi connectivity index (χ1v) is 14.4. The van der Waals surface area contributed by atoms with Gasteiger partial charge >= 0.3 is 0 Å². The fourth-order valence-electron chi connectivity index (χ4n) is 6.01. The van der Waals surface area contributed by atoms with Crippen molar-refractivity contribution in [2.75, 3.05) is 0 Å². The van der Waals surface area contributed by atoms with Crippen molar-refractivity contribution >= 4 is 39.6 Å². The molecular weight excluding hydrogens is 614 g/mol. The third kappa shape index (κ3) is 4.60. The normalized spacial score (nSPS) is 16.6. The molecule has 1 aromatic heterocycles. The number of hydrogen-bond donors (Lipinski definition) is 1. The molecule has 4 aliphatic rings. The van der Waals surface area contributed by atoms with Crippen molar-refractivity contribution in [2.24, 2.45) is 15.0 Å². The highest BCUT2D eigenvalue weighted by Crippen LogP contribution is 2.37. The minimum atomic E-state index is -0.919. The Bertz CT molecular complexity index is 2410. The number of hydrogen-bond acceptors (Lipinski definition) is 3. The smallest absolute Gasteiger partial charge is 0.134 e. The summed E-state index contributed by atoms with van der Waals surface area (Å²) in [4.78, 5) is 17.1. The van der Waals surface area contributed by atoms with E-state index >= 15 is 26.3 Å². The van der Waals surface area contributed by atoms with E-state index in [2.05, 4.69) is 20.0 Å². The van der Waals surface area contributed by atoms with Crippen molar-refractivity contribution in [1.29, 1.82) is 0 Å². The van der Waals surface area contributed by atoms with Crippen LogP contribution < -0.4 is 10.7 Å². The number of aromatic nitrogens is 1. The van der Waals surface area contributed by atoms with Crippen LogP contribution in [0.1, 0.15) is 16.7 Å². The Hall–Kier alpha value is -6.03. The number of nitrogens with zero attached hydrogens (tertiary/aromatic N) is 3. The molecule has 0 aliphatic carbocycles. The Kier molecular flexibility index (Phi) is 6.54. The molecule has 0 spiro atoms. The highest BCUT2D eigenvalue weighted by atomic mass is 19.2. The van der Waals surface area contributed by atoms with Crippen molar-refractivity contribution < 1.29 is 26.3 Å². The zero-order valence-corrected chi connectivity index (χ0v) is 23.9. The Morgan fingerprint density at radius 2 is 0.702 bits per heavy atom. The van der Waals surface area contributed by atoms with E-state index in [0.717, 1.165) is 36.4 Å². The number of fused-ring (bicyclic) bond motifs is 5. The molecule has 47 heavy (non-hydrogen) atoms. The molecule has 0 saturated carbocycles. The summed E-state index contributed by atoms with van der Waals surface area (Å²) in [6, 6.07) is 13.5. The molecule has 10 heteroatoms. The molecule has 3 aromatic carbocycles. The second-order valence-electron chi connectivity index (χ2n) is 10.8. The second kappa shape index (κ2) is 10.8. The van der Waals surface area contributed by atoms with Gasteiger partial charge in [0.25, 0.3) is 0 Å². The number of aliphatic imine (C=N–C) groups is 3. The van der Waals surface area contributed by atoms with E-state index in [4.69, 9.17) is 0 Å². The van der Waals surface area contributed by atoms with Crippen LogP contribution in [0.25, 0.3) is 22.4 Å². The van der Waals surface area contributed by atoms with Crippen molar-refractivity contribution in [3.63, 3.8) is 0 Å². The first kappa shape index (κ1) is 28.4. The van der Waals surface area contributed by atoms with Gasteiger partial charge in [-0.15, -0.1) is 0 Å². The van der Waals surface area contributed by atoms with Crippen molar-refractivity contribution in [1.82, 2.24) is 4.98 Å². The van der Waals surface area contributed by atoms with Crippen LogP contribution in [0.5, 0.6) is 0 Å². The molecular formula is C37H18F6N4. The SMILES string of the molecule is Fc1cccc(F)c1C1=C2C=CC(=N2)C(c2c(F)cccc2F)=C2C=CC(=N2)C(c2c(F)cccc2F)=c2ccc([nH]2)=C2C=CC1=N2. The molecule has 4 aromatic rings. The third-order valence-corrected chi connectivity index (χ3v) is 8.07. The summed E-state index contributed by atoms with van der Waals surface area (Å²) in [7, 11) is 0. The van der Waals surface area contributed by atoms with Gasteiger partial charge in [0.2, 0.25) is 0 Å². The average Bonchev–Trinajstić information content (AvgIpc) is 3.86. The summed E-state index contributed by atoms with van der Waals surface area (Å²) in [6.07, 6.45) is 9.05. The van der Waals surface area contributed by atoms with Gasteiger partial charge in [-0.3, -0.25) is 0 Å². The van der Waals surface area contributed by atoms with Crippen LogP contribution in [0.4, 0.5) is 26.3 Å².